The van der Waals surface area contributed by atoms with Gasteiger partial charge in [0.25, 0.3) is 0 Å². The van der Waals surface area contributed by atoms with E-state index in [1.165, 1.54) is 4.88 Å². The van der Waals surface area contributed by atoms with Gasteiger partial charge in [-0.3, -0.25) is 9.69 Å². The first-order chi connectivity index (χ1) is 9.66. The van der Waals surface area contributed by atoms with Gasteiger partial charge in [0, 0.05) is 56.6 Å². The molecular formula is C15H26ClN3OS. The van der Waals surface area contributed by atoms with Crippen LogP contribution in [-0.4, -0.2) is 54.5 Å². The van der Waals surface area contributed by atoms with E-state index < -0.39 is 0 Å². The number of amides is 1. The first kappa shape index (κ1) is 18.4. The van der Waals surface area contributed by atoms with Gasteiger partial charge in [0.1, 0.15) is 0 Å². The van der Waals surface area contributed by atoms with Crippen molar-refractivity contribution in [1.82, 2.24) is 15.1 Å². The Hall–Kier alpha value is -0.620. The van der Waals surface area contributed by atoms with Crippen LogP contribution in [0.25, 0.3) is 0 Å². The molecule has 1 aliphatic rings. The SMILES string of the molecule is CC(C)N(CCC(=O)N1CCNCC1)Cc1cccs1.Cl. The van der Waals surface area contributed by atoms with Crippen molar-refractivity contribution in [2.24, 2.45) is 0 Å². The van der Waals surface area contributed by atoms with Crippen LogP contribution in [0.2, 0.25) is 0 Å². The Balaban J connectivity index is 0.00000220. The molecule has 1 saturated heterocycles. The molecule has 0 unspecified atom stereocenters. The maximum absolute atomic E-state index is 12.2. The summed E-state index contributed by atoms with van der Waals surface area (Å²) in [6.07, 6.45) is 0.629. The Bertz CT molecular complexity index is 405. The molecule has 0 bridgehead atoms. The third-order valence-electron chi connectivity index (χ3n) is 3.75. The van der Waals surface area contributed by atoms with Gasteiger partial charge in [-0.15, -0.1) is 23.7 Å². The van der Waals surface area contributed by atoms with Crippen LogP contribution >= 0.6 is 23.7 Å². The number of carbonyl (C=O) groups is 1. The van der Waals surface area contributed by atoms with Crippen molar-refractivity contribution < 1.29 is 4.79 Å². The molecule has 0 aromatic carbocycles. The van der Waals surface area contributed by atoms with Gasteiger partial charge < -0.3 is 10.2 Å². The average Bonchev–Trinajstić information content (AvgIpc) is 2.96. The fraction of sp³-hybridized carbons (Fsp3) is 0.667. The molecule has 1 aromatic heterocycles. The van der Waals surface area contributed by atoms with Crippen molar-refractivity contribution in [1.29, 1.82) is 0 Å². The standard InChI is InChI=1S/C15H25N3OS.ClH/c1-13(2)18(12-14-4-3-11-20-14)8-5-15(19)17-9-6-16-7-10-17;/h3-4,11,13,16H,5-10,12H2,1-2H3;1H. The molecule has 4 nitrogen and oxygen atoms in total. The summed E-state index contributed by atoms with van der Waals surface area (Å²) >= 11 is 1.79. The summed E-state index contributed by atoms with van der Waals surface area (Å²) in [4.78, 5) is 17.9. The summed E-state index contributed by atoms with van der Waals surface area (Å²) in [6, 6.07) is 4.72. The second-order valence-electron chi connectivity index (χ2n) is 5.52. The van der Waals surface area contributed by atoms with E-state index in [0.29, 0.717) is 18.4 Å². The molecule has 6 heteroatoms. The van der Waals surface area contributed by atoms with E-state index in [-0.39, 0.29) is 12.4 Å². The van der Waals surface area contributed by atoms with Crippen LogP contribution in [0, 0.1) is 0 Å². The zero-order valence-corrected chi connectivity index (χ0v) is 14.5. The molecule has 0 aliphatic carbocycles. The predicted octanol–water partition coefficient (Wildman–Crippen LogP) is 2.20. The predicted molar refractivity (Wildman–Crippen MR) is 91.2 cm³/mol. The number of carbonyl (C=O) groups excluding carboxylic acids is 1. The first-order valence-electron chi connectivity index (χ1n) is 7.41. The average molecular weight is 332 g/mol. The molecule has 120 valence electrons. The third kappa shape index (κ3) is 5.94. The normalized spacial score (nSPS) is 15.3. The number of piperazine rings is 1. The number of hydrogen-bond donors (Lipinski definition) is 1. The van der Waals surface area contributed by atoms with Crippen molar-refractivity contribution >= 4 is 29.7 Å². The maximum Gasteiger partial charge on any atom is 0.223 e. The fourth-order valence-corrected chi connectivity index (χ4v) is 3.16. The minimum atomic E-state index is 0. The smallest absolute Gasteiger partial charge is 0.223 e. The number of thiophene rings is 1. The van der Waals surface area contributed by atoms with Crippen molar-refractivity contribution in [3.05, 3.63) is 22.4 Å². The molecule has 1 aliphatic heterocycles. The van der Waals surface area contributed by atoms with Crippen LogP contribution in [0.4, 0.5) is 0 Å². The Morgan fingerprint density at radius 1 is 1.43 bits per heavy atom. The van der Waals surface area contributed by atoms with Gasteiger partial charge in [-0.2, -0.15) is 0 Å². The van der Waals surface area contributed by atoms with Crippen LogP contribution in [0.1, 0.15) is 25.1 Å². The van der Waals surface area contributed by atoms with Gasteiger partial charge in [-0.1, -0.05) is 6.07 Å². The monoisotopic (exact) mass is 331 g/mol. The van der Waals surface area contributed by atoms with Crippen LogP contribution in [0.3, 0.4) is 0 Å². The zero-order chi connectivity index (χ0) is 14.4. The summed E-state index contributed by atoms with van der Waals surface area (Å²) in [5, 5.41) is 5.39. The minimum Gasteiger partial charge on any atom is -0.340 e. The number of hydrogen-bond acceptors (Lipinski definition) is 4. The summed E-state index contributed by atoms with van der Waals surface area (Å²) in [7, 11) is 0. The Labute approximate surface area is 137 Å². The van der Waals surface area contributed by atoms with Crippen LogP contribution in [0.15, 0.2) is 17.5 Å². The highest BCUT2D eigenvalue weighted by molar-refractivity contribution is 7.09. The highest BCUT2D eigenvalue weighted by Crippen LogP contribution is 2.14. The highest BCUT2D eigenvalue weighted by Gasteiger charge is 2.18. The fourth-order valence-electron chi connectivity index (χ4n) is 2.43. The third-order valence-corrected chi connectivity index (χ3v) is 4.61. The molecule has 1 fully saturated rings. The second kappa shape index (κ2) is 9.41. The molecular weight excluding hydrogens is 306 g/mol. The maximum atomic E-state index is 12.2. The van der Waals surface area contributed by atoms with E-state index in [1.807, 2.05) is 4.90 Å². The van der Waals surface area contributed by atoms with E-state index >= 15 is 0 Å². The van der Waals surface area contributed by atoms with Crippen LogP contribution in [0.5, 0.6) is 0 Å². The van der Waals surface area contributed by atoms with Gasteiger partial charge in [0.2, 0.25) is 5.91 Å². The Kier molecular flexibility index (Phi) is 8.26. The topological polar surface area (TPSA) is 35.6 Å². The van der Waals surface area contributed by atoms with E-state index in [9.17, 15) is 4.79 Å². The second-order valence-corrected chi connectivity index (χ2v) is 6.56. The van der Waals surface area contributed by atoms with E-state index in [1.54, 1.807) is 11.3 Å². The molecule has 2 heterocycles. The lowest BCUT2D eigenvalue weighted by atomic mass is 10.2. The molecule has 2 rings (SSSR count). The first-order valence-corrected chi connectivity index (χ1v) is 8.29. The van der Waals surface area contributed by atoms with E-state index in [0.717, 1.165) is 39.3 Å². The molecule has 1 N–H and O–H groups in total. The molecule has 0 saturated carbocycles. The van der Waals surface area contributed by atoms with Crippen LogP contribution in [-0.2, 0) is 11.3 Å². The van der Waals surface area contributed by atoms with Crippen molar-refractivity contribution in [2.45, 2.75) is 32.9 Å². The van der Waals surface area contributed by atoms with Gasteiger partial charge >= 0.3 is 0 Å². The minimum absolute atomic E-state index is 0. The number of nitrogens with one attached hydrogen (secondary N) is 1. The number of rotatable bonds is 6. The van der Waals surface area contributed by atoms with Gasteiger partial charge in [0.05, 0.1) is 0 Å². The number of nitrogens with zero attached hydrogens (tertiary/aromatic N) is 2. The molecule has 1 amide bonds. The molecule has 0 atom stereocenters. The summed E-state index contributed by atoms with van der Waals surface area (Å²) in [6.45, 7) is 9.74. The largest absolute Gasteiger partial charge is 0.340 e. The van der Waals surface area contributed by atoms with Gasteiger partial charge in [0.15, 0.2) is 0 Å². The molecule has 21 heavy (non-hydrogen) atoms. The van der Waals surface area contributed by atoms with Crippen molar-refractivity contribution in [2.75, 3.05) is 32.7 Å². The highest BCUT2D eigenvalue weighted by atomic mass is 35.5. The lowest BCUT2D eigenvalue weighted by molar-refractivity contribution is -0.132. The van der Waals surface area contributed by atoms with E-state index in [2.05, 4.69) is 41.6 Å². The molecule has 1 aromatic rings. The summed E-state index contributed by atoms with van der Waals surface area (Å²) < 4.78 is 0. The molecule has 0 radical (unpaired) electrons. The lowest BCUT2D eigenvalue weighted by Crippen LogP contribution is -2.47. The Morgan fingerprint density at radius 3 is 2.71 bits per heavy atom. The quantitative estimate of drug-likeness (QED) is 0.868. The van der Waals surface area contributed by atoms with Crippen LogP contribution < -0.4 is 5.32 Å². The Morgan fingerprint density at radius 2 is 2.14 bits per heavy atom. The number of halogens is 1. The van der Waals surface area contributed by atoms with Gasteiger partial charge in [-0.05, 0) is 25.3 Å². The van der Waals surface area contributed by atoms with E-state index in [4.69, 9.17) is 0 Å². The summed E-state index contributed by atoms with van der Waals surface area (Å²) in [5.74, 6) is 0.295. The zero-order valence-electron chi connectivity index (χ0n) is 12.9. The van der Waals surface area contributed by atoms with Crippen molar-refractivity contribution in [3.8, 4) is 0 Å². The summed E-state index contributed by atoms with van der Waals surface area (Å²) in [5.41, 5.74) is 0. The lowest BCUT2D eigenvalue weighted by Gasteiger charge is -2.30. The van der Waals surface area contributed by atoms with Crippen molar-refractivity contribution in [3.63, 3.8) is 0 Å². The molecule has 0 spiro atoms. The van der Waals surface area contributed by atoms with Gasteiger partial charge in [-0.25, -0.2) is 0 Å².